The molecule has 0 aliphatic heterocycles. The standard InChI is InChI=1S/C29H28FN3O5S2/c1-20-11-15-25(16-12-20)40(37,38)33(27-10-5-4-9-26(27)30)19-28(34)31-23-13-17-24(18-14-23)39(35,36)32-29-21(2)7-6-8-22(29)3/h4-18,32H,19H2,1-3H3,(H,31,34). The summed E-state index contributed by atoms with van der Waals surface area (Å²) in [6.45, 7) is 4.68. The lowest BCUT2D eigenvalue weighted by Gasteiger charge is -2.24. The van der Waals surface area contributed by atoms with Crippen molar-refractivity contribution < 1.29 is 26.0 Å². The maximum atomic E-state index is 14.7. The number of hydrogen-bond donors (Lipinski definition) is 2. The second-order valence-electron chi connectivity index (χ2n) is 9.22. The summed E-state index contributed by atoms with van der Waals surface area (Å²) >= 11 is 0. The van der Waals surface area contributed by atoms with Crippen LogP contribution in [0.5, 0.6) is 0 Å². The van der Waals surface area contributed by atoms with Crippen molar-refractivity contribution in [2.24, 2.45) is 0 Å². The van der Waals surface area contributed by atoms with Crippen molar-refractivity contribution in [3.8, 4) is 0 Å². The van der Waals surface area contributed by atoms with Crippen LogP contribution in [0.15, 0.2) is 101 Å². The molecule has 11 heteroatoms. The van der Waals surface area contributed by atoms with Gasteiger partial charge in [0.1, 0.15) is 12.4 Å². The first kappa shape index (κ1) is 28.8. The first-order valence-corrected chi connectivity index (χ1v) is 15.1. The van der Waals surface area contributed by atoms with Gasteiger partial charge in [-0.25, -0.2) is 21.2 Å². The Hall–Kier alpha value is -4.22. The summed E-state index contributed by atoms with van der Waals surface area (Å²) < 4.78 is 70.7. The lowest BCUT2D eigenvalue weighted by Crippen LogP contribution is -2.38. The van der Waals surface area contributed by atoms with E-state index in [-0.39, 0.29) is 21.2 Å². The van der Waals surface area contributed by atoms with Crippen LogP contribution < -0.4 is 14.3 Å². The van der Waals surface area contributed by atoms with E-state index in [1.807, 2.05) is 6.07 Å². The first-order chi connectivity index (χ1) is 18.9. The third-order valence-corrected chi connectivity index (χ3v) is 9.32. The number of sulfonamides is 2. The summed E-state index contributed by atoms with van der Waals surface area (Å²) in [7, 11) is -8.21. The summed E-state index contributed by atoms with van der Waals surface area (Å²) in [4.78, 5) is 12.8. The molecule has 208 valence electrons. The molecule has 0 spiro atoms. The molecule has 2 N–H and O–H groups in total. The van der Waals surface area contributed by atoms with Crippen LogP contribution in [0.25, 0.3) is 0 Å². The van der Waals surface area contributed by atoms with Gasteiger partial charge in [0.2, 0.25) is 5.91 Å². The summed E-state index contributed by atoms with van der Waals surface area (Å²) in [6.07, 6.45) is 0. The molecule has 40 heavy (non-hydrogen) atoms. The van der Waals surface area contributed by atoms with Crippen molar-refractivity contribution in [2.45, 2.75) is 30.6 Å². The number of halogens is 1. The number of para-hydroxylation sites is 2. The Morgan fingerprint density at radius 1 is 0.750 bits per heavy atom. The predicted molar refractivity (Wildman–Crippen MR) is 154 cm³/mol. The molecule has 0 bridgehead atoms. The van der Waals surface area contributed by atoms with E-state index in [1.54, 1.807) is 45.0 Å². The molecule has 4 aromatic carbocycles. The quantitative estimate of drug-likeness (QED) is 0.275. The summed E-state index contributed by atoms with van der Waals surface area (Å²) in [6, 6.07) is 22.1. The predicted octanol–water partition coefficient (Wildman–Crippen LogP) is 5.39. The van der Waals surface area contributed by atoms with Crippen LogP contribution in [0.1, 0.15) is 16.7 Å². The highest BCUT2D eigenvalue weighted by Gasteiger charge is 2.29. The number of benzene rings is 4. The zero-order chi connectivity index (χ0) is 29.1. The second kappa shape index (κ2) is 11.5. The van der Waals surface area contributed by atoms with Crippen LogP contribution >= 0.6 is 0 Å². The number of nitrogens with zero attached hydrogens (tertiary/aromatic N) is 1. The van der Waals surface area contributed by atoms with Crippen molar-refractivity contribution in [3.63, 3.8) is 0 Å². The number of anilines is 3. The fourth-order valence-corrected chi connectivity index (χ4v) is 6.64. The maximum absolute atomic E-state index is 14.7. The van der Waals surface area contributed by atoms with Gasteiger partial charge < -0.3 is 5.32 Å². The summed E-state index contributed by atoms with van der Waals surface area (Å²) in [5, 5.41) is 2.56. The zero-order valence-corrected chi connectivity index (χ0v) is 23.7. The number of carbonyl (C=O) groups is 1. The smallest absolute Gasteiger partial charge is 0.264 e. The number of carbonyl (C=O) groups excluding carboxylic acids is 1. The first-order valence-electron chi connectivity index (χ1n) is 12.2. The van der Waals surface area contributed by atoms with E-state index in [1.165, 1.54) is 54.6 Å². The van der Waals surface area contributed by atoms with E-state index in [0.29, 0.717) is 9.99 Å². The molecule has 4 rings (SSSR count). The lowest BCUT2D eigenvalue weighted by molar-refractivity contribution is -0.114. The van der Waals surface area contributed by atoms with Crippen molar-refractivity contribution in [2.75, 3.05) is 20.9 Å². The van der Waals surface area contributed by atoms with E-state index in [9.17, 15) is 26.0 Å². The van der Waals surface area contributed by atoms with Gasteiger partial charge in [0.15, 0.2) is 0 Å². The molecule has 0 fully saturated rings. The fraction of sp³-hybridized carbons (Fsp3) is 0.138. The highest BCUT2D eigenvalue weighted by molar-refractivity contribution is 7.93. The van der Waals surface area contributed by atoms with E-state index in [0.717, 1.165) is 22.8 Å². The molecule has 0 aliphatic rings. The Morgan fingerprint density at radius 3 is 1.93 bits per heavy atom. The summed E-state index contributed by atoms with van der Waals surface area (Å²) in [5.74, 6) is -1.56. The fourth-order valence-electron chi connectivity index (χ4n) is 4.01. The van der Waals surface area contributed by atoms with Crippen LogP contribution in [-0.2, 0) is 24.8 Å². The van der Waals surface area contributed by atoms with Crippen LogP contribution in [0.2, 0.25) is 0 Å². The van der Waals surface area contributed by atoms with E-state index < -0.39 is 38.3 Å². The average Bonchev–Trinajstić information content (AvgIpc) is 2.90. The van der Waals surface area contributed by atoms with Gasteiger partial charge in [0.05, 0.1) is 21.2 Å². The van der Waals surface area contributed by atoms with Gasteiger partial charge in [-0.15, -0.1) is 0 Å². The minimum Gasteiger partial charge on any atom is -0.325 e. The minimum atomic E-state index is -4.30. The molecule has 0 atom stereocenters. The Labute approximate surface area is 233 Å². The highest BCUT2D eigenvalue weighted by atomic mass is 32.2. The second-order valence-corrected chi connectivity index (χ2v) is 12.8. The Balaban J connectivity index is 1.55. The van der Waals surface area contributed by atoms with E-state index in [4.69, 9.17) is 0 Å². The molecular formula is C29H28FN3O5S2. The van der Waals surface area contributed by atoms with Crippen molar-refractivity contribution in [1.29, 1.82) is 0 Å². The zero-order valence-electron chi connectivity index (χ0n) is 22.1. The average molecular weight is 582 g/mol. The number of hydrogen-bond acceptors (Lipinski definition) is 5. The minimum absolute atomic E-state index is 0.0249. The topological polar surface area (TPSA) is 113 Å². The number of amides is 1. The molecule has 0 saturated heterocycles. The number of nitrogens with one attached hydrogen (secondary N) is 2. The maximum Gasteiger partial charge on any atom is 0.264 e. The van der Waals surface area contributed by atoms with Gasteiger partial charge in [0, 0.05) is 5.69 Å². The molecule has 4 aromatic rings. The van der Waals surface area contributed by atoms with Crippen LogP contribution in [0, 0.1) is 26.6 Å². The van der Waals surface area contributed by atoms with Crippen LogP contribution in [0.3, 0.4) is 0 Å². The highest BCUT2D eigenvalue weighted by Crippen LogP contribution is 2.27. The number of rotatable bonds is 9. The third kappa shape index (κ3) is 6.32. The van der Waals surface area contributed by atoms with E-state index >= 15 is 0 Å². The van der Waals surface area contributed by atoms with Crippen molar-refractivity contribution in [3.05, 3.63) is 114 Å². The molecule has 0 saturated carbocycles. The summed E-state index contributed by atoms with van der Waals surface area (Å²) in [5.41, 5.74) is 2.82. The van der Waals surface area contributed by atoms with Crippen LogP contribution in [-0.4, -0.2) is 29.3 Å². The van der Waals surface area contributed by atoms with Crippen LogP contribution in [0.4, 0.5) is 21.5 Å². The van der Waals surface area contributed by atoms with Crippen molar-refractivity contribution >= 4 is 43.0 Å². The normalized spacial score (nSPS) is 11.6. The largest absolute Gasteiger partial charge is 0.325 e. The Morgan fingerprint density at radius 2 is 1.32 bits per heavy atom. The van der Waals surface area contributed by atoms with Gasteiger partial charge >= 0.3 is 0 Å². The van der Waals surface area contributed by atoms with Gasteiger partial charge in [-0.2, -0.15) is 0 Å². The number of aryl methyl sites for hydroxylation is 3. The molecule has 0 aromatic heterocycles. The van der Waals surface area contributed by atoms with Gasteiger partial charge in [-0.05, 0) is 80.4 Å². The molecule has 0 aliphatic carbocycles. The van der Waals surface area contributed by atoms with Gasteiger partial charge in [-0.3, -0.25) is 13.8 Å². The molecule has 0 heterocycles. The monoisotopic (exact) mass is 581 g/mol. The molecule has 0 unspecified atom stereocenters. The SMILES string of the molecule is Cc1ccc(S(=O)(=O)N(CC(=O)Nc2ccc(S(=O)(=O)Nc3c(C)cccc3C)cc2)c2ccccc2F)cc1. The lowest BCUT2D eigenvalue weighted by atomic mass is 10.1. The molecular weight excluding hydrogens is 553 g/mol. The molecule has 1 amide bonds. The molecule has 0 radical (unpaired) electrons. The molecule has 8 nitrogen and oxygen atoms in total. The van der Waals surface area contributed by atoms with Gasteiger partial charge in [0.25, 0.3) is 20.0 Å². The Kier molecular flexibility index (Phi) is 8.26. The van der Waals surface area contributed by atoms with Gasteiger partial charge in [-0.1, -0.05) is 48.0 Å². The Bertz CT molecular complexity index is 1740. The van der Waals surface area contributed by atoms with E-state index in [2.05, 4.69) is 10.0 Å². The van der Waals surface area contributed by atoms with Crippen molar-refractivity contribution in [1.82, 2.24) is 0 Å². The third-order valence-electron chi connectivity index (χ3n) is 6.18.